The molecule has 1 aliphatic heterocycles. The number of hydrogen-bond acceptors (Lipinski definition) is 4. The highest BCUT2D eigenvalue weighted by Gasteiger charge is 2.19. The van der Waals surface area contributed by atoms with E-state index < -0.39 is 5.97 Å². The fourth-order valence-corrected chi connectivity index (χ4v) is 3.45. The third kappa shape index (κ3) is 4.85. The molecule has 3 rings (SSSR count). The van der Waals surface area contributed by atoms with E-state index >= 15 is 0 Å². The summed E-state index contributed by atoms with van der Waals surface area (Å²) in [6.45, 7) is 5.39. The highest BCUT2D eigenvalue weighted by molar-refractivity contribution is 6.04. The van der Waals surface area contributed by atoms with Gasteiger partial charge in [-0.25, -0.2) is 4.79 Å². The van der Waals surface area contributed by atoms with Crippen molar-refractivity contribution in [3.05, 3.63) is 41.6 Å². The Hall–Kier alpha value is -2.43. The van der Waals surface area contributed by atoms with Gasteiger partial charge < -0.3 is 9.64 Å². The van der Waals surface area contributed by atoms with E-state index in [2.05, 4.69) is 4.98 Å². The summed E-state index contributed by atoms with van der Waals surface area (Å²) in [6.07, 6.45) is 5.60. The van der Waals surface area contributed by atoms with E-state index in [1.165, 1.54) is 6.42 Å². The number of aromatic nitrogens is 1. The fraction of sp³-hybridized carbons (Fsp3) is 0.500. The number of likely N-dealkylation sites (tertiary alicyclic amines) is 1. The van der Waals surface area contributed by atoms with Crippen molar-refractivity contribution >= 4 is 22.8 Å². The zero-order valence-corrected chi connectivity index (χ0v) is 16.2. The number of benzene rings is 1. The molecule has 1 aromatic heterocycles. The van der Waals surface area contributed by atoms with Crippen LogP contribution in [0.15, 0.2) is 30.3 Å². The predicted molar refractivity (Wildman–Crippen MR) is 106 cm³/mol. The first-order valence-corrected chi connectivity index (χ1v) is 9.91. The number of ether oxygens (including phenoxy) is 1. The average molecular weight is 368 g/mol. The van der Waals surface area contributed by atoms with Gasteiger partial charge in [0, 0.05) is 24.2 Å². The van der Waals surface area contributed by atoms with Crippen LogP contribution < -0.4 is 0 Å². The second-order valence-electron chi connectivity index (χ2n) is 7.49. The molecular weight excluding hydrogens is 340 g/mol. The first kappa shape index (κ1) is 19.3. The maximum Gasteiger partial charge on any atom is 0.339 e. The van der Waals surface area contributed by atoms with Crippen molar-refractivity contribution in [2.75, 3.05) is 19.7 Å². The van der Waals surface area contributed by atoms with Gasteiger partial charge in [0.1, 0.15) is 0 Å². The molecule has 1 aromatic carbocycles. The maximum absolute atomic E-state index is 12.7. The summed E-state index contributed by atoms with van der Waals surface area (Å²) in [5.74, 6) is -0.368. The van der Waals surface area contributed by atoms with Gasteiger partial charge in [-0.15, -0.1) is 0 Å². The SMILES string of the molecule is CC(C)c1cc(C(=O)OCC(=O)N2CCCCCCC2)c2ccccc2n1. The van der Waals surface area contributed by atoms with Crippen molar-refractivity contribution < 1.29 is 14.3 Å². The van der Waals surface area contributed by atoms with Crippen molar-refractivity contribution in [1.82, 2.24) is 9.88 Å². The molecule has 27 heavy (non-hydrogen) atoms. The lowest BCUT2D eigenvalue weighted by Crippen LogP contribution is -2.37. The van der Waals surface area contributed by atoms with E-state index in [-0.39, 0.29) is 18.4 Å². The third-order valence-electron chi connectivity index (χ3n) is 5.08. The Balaban J connectivity index is 1.73. The molecule has 1 fully saturated rings. The molecule has 0 atom stereocenters. The number of amides is 1. The summed E-state index contributed by atoms with van der Waals surface area (Å²) in [7, 11) is 0. The Kier molecular flexibility index (Phi) is 6.43. The van der Waals surface area contributed by atoms with Crippen LogP contribution in [0.3, 0.4) is 0 Å². The molecule has 0 aliphatic carbocycles. The van der Waals surface area contributed by atoms with Crippen molar-refractivity contribution in [2.24, 2.45) is 0 Å². The van der Waals surface area contributed by atoms with E-state index in [9.17, 15) is 9.59 Å². The quantitative estimate of drug-likeness (QED) is 0.755. The van der Waals surface area contributed by atoms with Crippen LogP contribution in [0.5, 0.6) is 0 Å². The third-order valence-corrected chi connectivity index (χ3v) is 5.08. The minimum atomic E-state index is -0.462. The minimum Gasteiger partial charge on any atom is -0.452 e. The van der Waals surface area contributed by atoms with E-state index in [0.29, 0.717) is 5.56 Å². The van der Waals surface area contributed by atoms with Gasteiger partial charge in [0.25, 0.3) is 5.91 Å². The molecule has 5 heteroatoms. The molecule has 5 nitrogen and oxygen atoms in total. The number of fused-ring (bicyclic) bond motifs is 1. The van der Waals surface area contributed by atoms with Crippen molar-refractivity contribution in [1.29, 1.82) is 0 Å². The minimum absolute atomic E-state index is 0.104. The zero-order chi connectivity index (χ0) is 19.2. The molecule has 1 amide bonds. The normalized spacial score (nSPS) is 15.4. The van der Waals surface area contributed by atoms with Crippen molar-refractivity contribution in [3.8, 4) is 0 Å². The Morgan fingerprint density at radius 3 is 2.44 bits per heavy atom. The van der Waals surface area contributed by atoms with Crippen LogP contribution in [0.1, 0.15) is 67.9 Å². The molecule has 0 N–H and O–H groups in total. The Morgan fingerprint density at radius 1 is 1.07 bits per heavy atom. The monoisotopic (exact) mass is 368 g/mol. The van der Waals surface area contributed by atoms with Gasteiger partial charge in [0.05, 0.1) is 11.1 Å². The number of rotatable bonds is 4. The van der Waals surface area contributed by atoms with Crippen LogP contribution in [-0.2, 0) is 9.53 Å². The van der Waals surface area contributed by atoms with Crippen LogP contribution in [0.25, 0.3) is 10.9 Å². The van der Waals surface area contributed by atoms with Crippen LogP contribution in [0, 0.1) is 0 Å². The molecule has 0 radical (unpaired) electrons. The number of nitrogens with zero attached hydrogens (tertiary/aromatic N) is 2. The molecular formula is C22H28N2O3. The number of carbonyl (C=O) groups excluding carboxylic acids is 2. The number of esters is 1. The molecule has 0 spiro atoms. The summed E-state index contributed by atoms with van der Waals surface area (Å²) in [5, 5.41) is 0.755. The highest BCUT2D eigenvalue weighted by Crippen LogP contribution is 2.23. The van der Waals surface area contributed by atoms with Gasteiger partial charge in [-0.05, 0) is 30.9 Å². The smallest absolute Gasteiger partial charge is 0.339 e. The number of carbonyl (C=O) groups is 2. The molecule has 0 saturated carbocycles. The summed E-state index contributed by atoms with van der Waals surface area (Å²) in [5.41, 5.74) is 2.09. The molecule has 1 saturated heterocycles. The van der Waals surface area contributed by atoms with Crippen molar-refractivity contribution in [3.63, 3.8) is 0 Å². The predicted octanol–water partition coefficient (Wildman–Crippen LogP) is 4.31. The Morgan fingerprint density at radius 2 is 1.74 bits per heavy atom. The number of hydrogen-bond donors (Lipinski definition) is 0. The number of para-hydroxylation sites is 1. The molecule has 0 bridgehead atoms. The van der Waals surface area contributed by atoms with E-state index in [1.807, 2.05) is 43.0 Å². The van der Waals surface area contributed by atoms with Gasteiger partial charge in [0.2, 0.25) is 0 Å². The first-order chi connectivity index (χ1) is 13.1. The van der Waals surface area contributed by atoms with Crippen LogP contribution >= 0.6 is 0 Å². The van der Waals surface area contributed by atoms with E-state index in [0.717, 1.165) is 55.4 Å². The van der Waals surface area contributed by atoms with E-state index in [1.54, 1.807) is 6.07 Å². The fourth-order valence-electron chi connectivity index (χ4n) is 3.45. The molecule has 0 unspecified atom stereocenters. The maximum atomic E-state index is 12.7. The van der Waals surface area contributed by atoms with Gasteiger partial charge in [0.15, 0.2) is 6.61 Å². The Bertz CT molecular complexity index is 808. The lowest BCUT2D eigenvalue weighted by molar-refractivity contribution is -0.134. The average Bonchev–Trinajstić information content (AvgIpc) is 2.64. The summed E-state index contributed by atoms with van der Waals surface area (Å²) < 4.78 is 5.40. The number of pyridine rings is 1. The zero-order valence-electron chi connectivity index (χ0n) is 16.2. The van der Waals surface area contributed by atoms with Crippen LogP contribution in [-0.4, -0.2) is 41.5 Å². The van der Waals surface area contributed by atoms with Gasteiger partial charge >= 0.3 is 5.97 Å². The highest BCUT2D eigenvalue weighted by atomic mass is 16.5. The second-order valence-corrected chi connectivity index (χ2v) is 7.49. The Labute approximate surface area is 160 Å². The standard InChI is InChI=1S/C22H28N2O3/c1-16(2)20-14-18(17-10-6-7-11-19(17)23-20)22(26)27-15-21(25)24-12-8-4-3-5-9-13-24/h6-7,10-11,14,16H,3-5,8-9,12-13,15H2,1-2H3. The lowest BCUT2D eigenvalue weighted by Gasteiger charge is -2.24. The molecule has 2 aromatic rings. The second kappa shape index (κ2) is 8.98. The molecule has 1 aliphatic rings. The largest absolute Gasteiger partial charge is 0.452 e. The van der Waals surface area contributed by atoms with Gasteiger partial charge in [-0.3, -0.25) is 9.78 Å². The molecule has 144 valence electrons. The summed E-state index contributed by atoms with van der Waals surface area (Å²) >= 11 is 0. The van der Waals surface area contributed by atoms with Gasteiger partial charge in [-0.2, -0.15) is 0 Å². The summed E-state index contributed by atoms with van der Waals surface area (Å²) in [6, 6.07) is 9.32. The lowest BCUT2D eigenvalue weighted by atomic mass is 10.0. The summed E-state index contributed by atoms with van der Waals surface area (Å²) in [4.78, 5) is 31.6. The topological polar surface area (TPSA) is 59.5 Å². The van der Waals surface area contributed by atoms with E-state index in [4.69, 9.17) is 4.74 Å². The van der Waals surface area contributed by atoms with Gasteiger partial charge in [-0.1, -0.05) is 51.3 Å². The first-order valence-electron chi connectivity index (χ1n) is 9.91. The van der Waals surface area contributed by atoms with Crippen molar-refractivity contribution in [2.45, 2.75) is 51.9 Å². The van der Waals surface area contributed by atoms with Crippen LogP contribution in [0.4, 0.5) is 0 Å². The van der Waals surface area contributed by atoms with Crippen LogP contribution in [0.2, 0.25) is 0 Å². The molecule has 2 heterocycles.